The number of nitrogens with two attached hydrogens (primary N) is 1. The lowest BCUT2D eigenvalue weighted by molar-refractivity contribution is 0.478. The van der Waals surface area contributed by atoms with Gasteiger partial charge in [0.2, 0.25) is 0 Å². The predicted octanol–water partition coefficient (Wildman–Crippen LogP) is 3.74. The molecule has 1 aromatic heterocycles. The maximum absolute atomic E-state index is 13.6. The van der Waals surface area contributed by atoms with Crippen LogP contribution in [0.5, 0.6) is 11.5 Å². The number of halogens is 2. The molecule has 0 saturated heterocycles. The molecule has 0 spiro atoms. The fourth-order valence-electron chi connectivity index (χ4n) is 1.93. The summed E-state index contributed by atoms with van der Waals surface area (Å²) in [5, 5.41) is -0.133. The maximum atomic E-state index is 13.6. The van der Waals surface area contributed by atoms with E-state index in [-0.39, 0.29) is 16.5 Å². The molecule has 0 radical (unpaired) electrons. The Morgan fingerprint density at radius 3 is 2.90 bits per heavy atom. The molecule has 102 valence electrons. The molecular weight excluding hydrogens is 281 g/mol. The number of nitrogens with zero attached hydrogens (tertiary/aromatic N) is 2. The van der Waals surface area contributed by atoms with Gasteiger partial charge in [0, 0.05) is 13.1 Å². The van der Waals surface area contributed by atoms with Crippen molar-refractivity contribution >= 4 is 28.3 Å². The molecule has 3 aromatic rings. The molecule has 1 heterocycles. The van der Waals surface area contributed by atoms with Crippen molar-refractivity contribution in [2.45, 2.75) is 0 Å². The van der Waals surface area contributed by atoms with E-state index in [1.54, 1.807) is 18.5 Å². The molecule has 0 fully saturated rings. The average molecular weight is 292 g/mol. The van der Waals surface area contributed by atoms with Crippen molar-refractivity contribution < 1.29 is 9.13 Å². The summed E-state index contributed by atoms with van der Waals surface area (Å²) in [6.07, 6.45) is 1.71. The number of aryl methyl sites for hydroxylation is 1. The summed E-state index contributed by atoms with van der Waals surface area (Å²) >= 11 is 5.87. The predicted molar refractivity (Wildman–Crippen MR) is 76.6 cm³/mol. The van der Waals surface area contributed by atoms with Crippen LogP contribution in [-0.2, 0) is 7.05 Å². The van der Waals surface area contributed by atoms with Gasteiger partial charge in [-0.05, 0) is 24.3 Å². The number of hydrogen-bond acceptors (Lipinski definition) is 3. The highest BCUT2D eigenvalue weighted by Crippen LogP contribution is 2.34. The second-order valence-electron chi connectivity index (χ2n) is 4.39. The number of nitrogen functional groups attached to an aromatic ring is 1. The highest BCUT2D eigenvalue weighted by Gasteiger charge is 2.12. The first kappa shape index (κ1) is 12.7. The number of fused-ring (bicyclic) bond motifs is 1. The lowest BCUT2D eigenvalue weighted by Gasteiger charge is -2.09. The van der Waals surface area contributed by atoms with Crippen LogP contribution >= 0.6 is 11.6 Å². The molecule has 20 heavy (non-hydrogen) atoms. The van der Waals surface area contributed by atoms with Gasteiger partial charge in [0.1, 0.15) is 16.5 Å². The van der Waals surface area contributed by atoms with Crippen molar-refractivity contribution in [1.82, 2.24) is 9.55 Å². The van der Waals surface area contributed by atoms with Crippen molar-refractivity contribution in [1.29, 1.82) is 0 Å². The number of hydrogen-bond donors (Lipinski definition) is 1. The standard InChI is InChI=1S/C14H11ClFN3O/c1-19-7-18-10-6-8(2-4-11(10)19)20-12-5-3-9(17)14(16)13(12)15/h2-7H,17H2,1H3. The molecule has 0 bridgehead atoms. The number of imidazole rings is 1. The van der Waals surface area contributed by atoms with Gasteiger partial charge in [-0.25, -0.2) is 9.37 Å². The van der Waals surface area contributed by atoms with Crippen LogP contribution in [0.4, 0.5) is 10.1 Å². The van der Waals surface area contributed by atoms with Crippen LogP contribution in [-0.4, -0.2) is 9.55 Å². The maximum Gasteiger partial charge on any atom is 0.168 e. The van der Waals surface area contributed by atoms with E-state index in [0.717, 1.165) is 11.0 Å². The number of anilines is 1. The SMILES string of the molecule is Cn1cnc2cc(Oc3ccc(N)c(F)c3Cl)ccc21. The first-order valence-corrected chi connectivity index (χ1v) is 6.26. The monoisotopic (exact) mass is 291 g/mol. The van der Waals surface area contributed by atoms with Crippen LogP contribution < -0.4 is 10.5 Å². The number of ether oxygens (including phenoxy) is 1. The zero-order valence-electron chi connectivity index (χ0n) is 10.6. The normalized spacial score (nSPS) is 10.9. The Bertz CT molecular complexity index is 800. The third kappa shape index (κ3) is 2.06. The van der Waals surface area contributed by atoms with Gasteiger partial charge in [-0.1, -0.05) is 11.6 Å². The summed E-state index contributed by atoms with van der Waals surface area (Å²) in [4.78, 5) is 4.23. The Morgan fingerprint density at radius 1 is 1.30 bits per heavy atom. The summed E-state index contributed by atoms with van der Waals surface area (Å²) in [6.45, 7) is 0. The first-order chi connectivity index (χ1) is 9.56. The molecule has 0 amide bonds. The third-order valence-corrected chi connectivity index (χ3v) is 3.35. The van der Waals surface area contributed by atoms with Gasteiger partial charge in [-0.2, -0.15) is 0 Å². The minimum Gasteiger partial charge on any atom is -0.456 e. The largest absolute Gasteiger partial charge is 0.456 e. The minimum atomic E-state index is -0.678. The fourth-order valence-corrected chi connectivity index (χ4v) is 2.14. The second-order valence-corrected chi connectivity index (χ2v) is 4.77. The first-order valence-electron chi connectivity index (χ1n) is 5.88. The van der Waals surface area contributed by atoms with Gasteiger partial charge in [0.05, 0.1) is 23.0 Å². The third-order valence-electron chi connectivity index (χ3n) is 3.00. The molecule has 2 aromatic carbocycles. The summed E-state index contributed by atoms with van der Waals surface area (Å²) in [7, 11) is 1.90. The Morgan fingerprint density at radius 2 is 2.10 bits per heavy atom. The highest BCUT2D eigenvalue weighted by molar-refractivity contribution is 6.32. The Balaban J connectivity index is 1.99. The summed E-state index contributed by atoms with van der Waals surface area (Å²) in [6, 6.07) is 8.35. The van der Waals surface area contributed by atoms with Gasteiger partial charge in [-0.15, -0.1) is 0 Å². The van der Waals surface area contributed by atoms with Crippen molar-refractivity contribution in [2.24, 2.45) is 7.05 Å². The van der Waals surface area contributed by atoms with Crippen LogP contribution in [0.1, 0.15) is 0 Å². The zero-order valence-corrected chi connectivity index (χ0v) is 11.4. The van der Waals surface area contributed by atoms with Gasteiger partial charge in [0.15, 0.2) is 5.82 Å². The van der Waals surface area contributed by atoms with Crippen LogP contribution in [0.25, 0.3) is 11.0 Å². The van der Waals surface area contributed by atoms with E-state index in [0.29, 0.717) is 5.75 Å². The lowest BCUT2D eigenvalue weighted by Crippen LogP contribution is -1.94. The van der Waals surface area contributed by atoms with E-state index in [1.165, 1.54) is 12.1 Å². The van der Waals surface area contributed by atoms with Crippen LogP contribution in [0.3, 0.4) is 0 Å². The van der Waals surface area contributed by atoms with Crippen molar-refractivity contribution in [2.75, 3.05) is 5.73 Å². The van der Waals surface area contributed by atoms with Crippen molar-refractivity contribution in [3.63, 3.8) is 0 Å². The van der Waals surface area contributed by atoms with E-state index in [9.17, 15) is 4.39 Å². The quantitative estimate of drug-likeness (QED) is 0.732. The summed E-state index contributed by atoms with van der Waals surface area (Å²) in [5.74, 6) is 0.0685. The molecule has 0 atom stereocenters. The van der Waals surface area contributed by atoms with E-state index in [1.807, 2.05) is 17.7 Å². The van der Waals surface area contributed by atoms with E-state index >= 15 is 0 Å². The van der Waals surface area contributed by atoms with Crippen LogP contribution in [0, 0.1) is 5.82 Å². The molecule has 3 rings (SSSR count). The molecule has 4 nitrogen and oxygen atoms in total. The average Bonchev–Trinajstić information content (AvgIpc) is 2.81. The van der Waals surface area contributed by atoms with E-state index < -0.39 is 5.82 Å². The Labute approximate surface area is 119 Å². The summed E-state index contributed by atoms with van der Waals surface area (Å²) < 4.78 is 21.1. The Hall–Kier alpha value is -2.27. The second kappa shape index (κ2) is 4.68. The molecule has 0 aliphatic carbocycles. The van der Waals surface area contributed by atoms with Gasteiger partial charge in [-0.3, -0.25) is 0 Å². The zero-order chi connectivity index (χ0) is 14.3. The van der Waals surface area contributed by atoms with Crippen molar-refractivity contribution in [3.8, 4) is 11.5 Å². The van der Waals surface area contributed by atoms with E-state index in [4.69, 9.17) is 22.1 Å². The summed E-state index contributed by atoms with van der Waals surface area (Å²) in [5.41, 5.74) is 7.19. The van der Waals surface area contributed by atoms with Gasteiger partial charge >= 0.3 is 0 Å². The molecule has 2 N–H and O–H groups in total. The van der Waals surface area contributed by atoms with Crippen LogP contribution in [0.15, 0.2) is 36.7 Å². The topological polar surface area (TPSA) is 53.1 Å². The van der Waals surface area contributed by atoms with Crippen molar-refractivity contribution in [3.05, 3.63) is 47.5 Å². The smallest absolute Gasteiger partial charge is 0.168 e. The Kier molecular flexibility index (Phi) is 2.99. The van der Waals surface area contributed by atoms with Crippen LogP contribution in [0.2, 0.25) is 5.02 Å². The molecule has 0 aliphatic heterocycles. The van der Waals surface area contributed by atoms with Gasteiger partial charge < -0.3 is 15.0 Å². The molecule has 6 heteroatoms. The number of benzene rings is 2. The fraction of sp³-hybridized carbons (Fsp3) is 0.0714. The van der Waals surface area contributed by atoms with Gasteiger partial charge in [0.25, 0.3) is 0 Å². The molecule has 0 aliphatic rings. The number of rotatable bonds is 2. The molecule has 0 unspecified atom stereocenters. The molecule has 0 saturated carbocycles. The minimum absolute atomic E-state index is 0.0115. The molecular formula is C14H11ClFN3O. The number of aromatic nitrogens is 2. The van der Waals surface area contributed by atoms with E-state index in [2.05, 4.69) is 4.98 Å². The lowest BCUT2D eigenvalue weighted by atomic mass is 10.2. The highest BCUT2D eigenvalue weighted by atomic mass is 35.5.